The Balaban J connectivity index is 2.00. The van der Waals surface area contributed by atoms with Gasteiger partial charge < -0.3 is 19.3 Å². The molecule has 3 rings (SSSR count). The van der Waals surface area contributed by atoms with Crippen molar-refractivity contribution in [2.24, 2.45) is 0 Å². The Morgan fingerprint density at radius 1 is 1.17 bits per heavy atom. The predicted molar refractivity (Wildman–Crippen MR) is 100 cm³/mol. The fourth-order valence-electron chi connectivity index (χ4n) is 3.96. The molecule has 29 heavy (non-hydrogen) atoms. The average Bonchev–Trinajstić information content (AvgIpc) is 2.81. The van der Waals surface area contributed by atoms with E-state index in [1.165, 1.54) is 18.1 Å². The second-order valence-electron chi connectivity index (χ2n) is 8.39. The number of anilines is 1. The third kappa shape index (κ3) is 4.59. The van der Waals surface area contributed by atoms with Crippen LogP contribution in [0.1, 0.15) is 54.6 Å². The van der Waals surface area contributed by atoms with Crippen molar-refractivity contribution in [3.05, 3.63) is 28.8 Å². The zero-order chi connectivity index (χ0) is 21.6. The van der Waals surface area contributed by atoms with Gasteiger partial charge in [0.15, 0.2) is 0 Å². The van der Waals surface area contributed by atoms with Crippen LogP contribution < -0.4 is 4.90 Å². The highest BCUT2D eigenvalue weighted by Gasteiger charge is 2.42. The van der Waals surface area contributed by atoms with Crippen molar-refractivity contribution in [1.82, 2.24) is 4.90 Å². The van der Waals surface area contributed by atoms with Crippen LogP contribution in [0, 0.1) is 0 Å². The molecule has 2 aliphatic rings. The van der Waals surface area contributed by atoms with E-state index in [0.717, 1.165) is 0 Å². The molecule has 160 valence electrons. The van der Waals surface area contributed by atoms with Crippen molar-refractivity contribution in [2.45, 2.75) is 51.4 Å². The molecule has 1 unspecified atom stereocenters. The summed E-state index contributed by atoms with van der Waals surface area (Å²) in [6, 6.07) is 3.17. The van der Waals surface area contributed by atoms with Crippen molar-refractivity contribution >= 4 is 17.7 Å². The molecule has 0 N–H and O–H groups in total. The number of amides is 1. The molecule has 0 fully saturated rings. The molecule has 2 aliphatic heterocycles. The first kappa shape index (κ1) is 21.3. The number of rotatable bonds is 2. The maximum Gasteiger partial charge on any atom is 0.410 e. The summed E-state index contributed by atoms with van der Waals surface area (Å²) in [7, 11) is 1.20. The molecule has 1 aromatic carbocycles. The van der Waals surface area contributed by atoms with Gasteiger partial charge in [-0.25, -0.2) is 9.59 Å². The van der Waals surface area contributed by atoms with Crippen molar-refractivity contribution in [3.8, 4) is 0 Å². The summed E-state index contributed by atoms with van der Waals surface area (Å²) in [6.45, 7) is 6.33. The number of carbonyl (C=O) groups is 2. The average molecular weight is 414 g/mol. The number of carbonyl (C=O) groups excluding carboxylic acids is 2. The van der Waals surface area contributed by atoms with E-state index in [1.807, 2.05) is 4.90 Å². The van der Waals surface area contributed by atoms with Crippen LogP contribution in [-0.2, 0) is 16.0 Å². The first-order valence-corrected chi connectivity index (χ1v) is 9.43. The van der Waals surface area contributed by atoms with Crippen molar-refractivity contribution < 1.29 is 32.2 Å². The van der Waals surface area contributed by atoms with Crippen molar-refractivity contribution in [3.63, 3.8) is 0 Å². The van der Waals surface area contributed by atoms with Gasteiger partial charge in [0.05, 0.1) is 25.6 Å². The van der Waals surface area contributed by atoms with Gasteiger partial charge in [-0.1, -0.05) is 6.07 Å². The quantitative estimate of drug-likeness (QED) is 0.683. The molecule has 0 spiro atoms. The standard InChI is InChI=1S/C20H25F3N2O4/c1-19(2,3)29-18(27)25-8-7-24-11-13(9-20(21,22)23)15-14(17(26)28-4)6-5-12(10-25)16(15)24/h5-6,13H,7-11H2,1-4H3. The Morgan fingerprint density at radius 3 is 2.45 bits per heavy atom. The fourth-order valence-corrected chi connectivity index (χ4v) is 3.96. The number of alkyl halides is 3. The molecular formula is C20H25F3N2O4. The van der Waals surface area contributed by atoms with E-state index in [0.29, 0.717) is 29.9 Å². The minimum Gasteiger partial charge on any atom is -0.465 e. The highest BCUT2D eigenvalue weighted by atomic mass is 19.4. The number of hydrogen-bond donors (Lipinski definition) is 0. The number of methoxy groups -OCH3 is 1. The fraction of sp³-hybridized carbons (Fsp3) is 0.600. The minimum atomic E-state index is -4.35. The molecule has 1 atom stereocenters. The summed E-state index contributed by atoms with van der Waals surface area (Å²) < 4.78 is 49.7. The lowest BCUT2D eigenvalue weighted by atomic mass is 9.91. The largest absolute Gasteiger partial charge is 0.465 e. The van der Waals surface area contributed by atoms with Gasteiger partial charge in [-0.3, -0.25) is 0 Å². The molecule has 2 heterocycles. The summed E-state index contributed by atoms with van der Waals surface area (Å²) in [4.78, 5) is 28.1. The Hall–Kier alpha value is -2.45. The monoisotopic (exact) mass is 414 g/mol. The molecule has 0 bridgehead atoms. The molecule has 0 saturated heterocycles. The smallest absolute Gasteiger partial charge is 0.410 e. The van der Waals surface area contributed by atoms with Gasteiger partial charge in [0, 0.05) is 31.2 Å². The van der Waals surface area contributed by atoms with Gasteiger partial charge in [0.1, 0.15) is 5.60 Å². The van der Waals surface area contributed by atoms with Crippen molar-refractivity contribution in [1.29, 1.82) is 0 Å². The lowest BCUT2D eigenvalue weighted by molar-refractivity contribution is -0.138. The van der Waals surface area contributed by atoms with E-state index >= 15 is 0 Å². The van der Waals surface area contributed by atoms with Crippen molar-refractivity contribution in [2.75, 3.05) is 31.6 Å². The maximum atomic E-state index is 13.2. The molecule has 0 aromatic heterocycles. The topological polar surface area (TPSA) is 59.1 Å². The summed E-state index contributed by atoms with van der Waals surface area (Å²) >= 11 is 0. The van der Waals surface area contributed by atoms with Gasteiger partial charge in [0.2, 0.25) is 0 Å². The molecular weight excluding hydrogens is 389 g/mol. The summed E-state index contributed by atoms with van der Waals surface area (Å²) in [5, 5.41) is 0. The van der Waals surface area contributed by atoms with Crippen LogP contribution in [0.5, 0.6) is 0 Å². The molecule has 1 aromatic rings. The first-order valence-electron chi connectivity index (χ1n) is 9.43. The van der Waals surface area contributed by atoms with E-state index in [-0.39, 0.29) is 18.7 Å². The van der Waals surface area contributed by atoms with Crippen LogP contribution in [0.2, 0.25) is 0 Å². The molecule has 0 radical (unpaired) electrons. The number of esters is 1. The lowest BCUT2D eigenvalue weighted by Crippen LogP contribution is -2.39. The Kier molecular flexibility index (Phi) is 5.44. The zero-order valence-corrected chi connectivity index (χ0v) is 16.9. The van der Waals surface area contributed by atoms with Gasteiger partial charge >= 0.3 is 18.2 Å². The van der Waals surface area contributed by atoms with Crippen LogP contribution in [0.15, 0.2) is 12.1 Å². The number of ether oxygens (including phenoxy) is 2. The number of hydrogen-bond acceptors (Lipinski definition) is 5. The summed E-state index contributed by atoms with van der Waals surface area (Å²) in [5.74, 6) is -1.52. The molecule has 6 nitrogen and oxygen atoms in total. The molecule has 0 saturated carbocycles. The highest BCUT2D eigenvalue weighted by molar-refractivity contribution is 5.94. The van der Waals surface area contributed by atoms with Crippen LogP contribution >= 0.6 is 0 Å². The molecule has 9 heteroatoms. The summed E-state index contributed by atoms with van der Waals surface area (Å²) in [5.41, 5.74) is 1.15. The lowest BCUT2D eigenvalue weighted by Gasteiger charge is -2.27. The van der Waals surface area contributed by atoms with E-state index in [9.17, 15) is 22.8 Å². The predicted octanol–water partition coefficient (Wildman–Crippen LogP) is 4.08. The van der Waals surface area contributed by atoms with E-state index in [1.54, 1.807) is 26.8 Å². The van der Waals surface area contributed by atoms with Crippen LogP contribution in [0.3, 0.4) is 0 Å². The highest BCUT2D eigenvalue weighted by Crippen LogP contribution is 2.46. The molecule has 1 amide bonds. The SMILES string of the molecule is COC(=O)c1ccc2c3c1C(CC(F)(F)F)CN3CCN(C(=O)OC(C)(C)C)C2. The Morgan fingerprint density at radius 2 is 1.86 bits per heavy atom. The van der Waals surface area contributed by atoms with E-state index in [2.05, 4.69) is 0 Å². The Bertz CT molecular complexity index is 817. The van der Waals surface area contributed by atoms with Crippen LogP contribution in [0.25, 0.3) is 0 Å². The number of nitrogens with zero attached hydrogens (tertiary/aromatic N) is 2. The minimum absolute atomic E-state index is 0.137. The van der Waals surface area contributed by atoms with Crippen LogP contribution in [-0.4, -0.2) is 55.5 Å². The summed E-state index contributed by atoms with van der Waals surface area (Å²) in [6.07, 6.45) is -5.84. The number of benzene rings is 1. The van der Waals surface area contributed by atoms with E-state index < -0.39 is 36.2 Å². The van der Waals surface area contributed by atoms with Crippen LogP contribution in [0.4, 0.5) is 23.7 Å². The third-order valence-electron chi connectivity index (χ3n) is 5.00. The Labute approximate surface area is 167 Å². The zero-order valence-electron chi connectivity index (χ0n) is 16.9. The van der Waals surface area contributed by atoms with Gasteiger partial charge in [-0.2, -0.15) is 13.2 Å². The van der Waals surface area contributed by atoms with Gasteiger partial charge in [0.25, 0.3) is 0 Å². The number of halogens is 3. The first-order chi connectivity index (χ1) is 13.4. The second-order valence-corrected chi connectivity index (χ2v) is 8.39. The normalized spacial score (nSPS) is 18.9. The third-order valence-corrected chi connectivity index (χ3v) is 5.00. The molecule has 0 aliphatic carbocycles. The maximum absolute atomic E-state index is 13.2. The second kappa shape index (κ2) is 7.42. The van der Waals surface area contributed by atoms with Gasteiger partial charge in [-0.05, 0) is 38.0 Å². The van der Waals surface area contributed by atoms with E-state index in [4.69, 9.17) is 9.47 Å². The van der Waals surface area contributed by atoms with Gasteiger partial charge in [-0.15, -0.1) is 0 Å².